The van der Waals surface area contributed by atoms with E-state index in [9.17, 15) is 9.59 Å². The standard InChI is InChI=1S/C11H18N2O3/c1-4-5-7-12-11(16)13(9(2)3)8-6-10(14)15/h9H,6-8H2,1-3H3,(H,12,16)(H,14,15). The van der Waals surface area contributed by atoms with E-state index in [4.69, 9.17) is 5.11 Å². The second-order valence-electron chi connectivity index (χ2n) is 3.52. The Morgan fingerprint density at radius 1 is 1.44 bits per heavy atom. The molecule has 0 heterocycles. The van der Waals surface area contributed by atoms with E-state index in [-0.39, 0.29) is 31.6 Å². The average Bonchev–Trinajstić information content (AvgIpc) is 2.17. The molecule has 0 aromatic carbocycles. The second kappa shape index (κ2) is 7.57. The summed E-state index contributed by atoms with van der Waals surface area (Å²) >= 11 is 0. The largest absolute Gasteiger partial charge is 0.481 e. The van der Waals surface area contributed by atoms with Crippen molar-refractivity contribution in [2.75, 3.05) is 13.1 Å². The molecular weight excluding hydrogens is 208 g/mol. The van der Waals surface area contributed by atoms with Gasteiger partial charge in [0, 0.05) is 12.6 Å². The molecule has 0 radical (unpaired) electrons. The highest BCUT2D eigenvalue weighted by Crippen LogP contribution is 2.00. The Morgan fingerprint density at radius 2 is 2.06 bits per heavy atom. The smallest absolute Gasteiger partial charge is 0.318 e. The van der Waals surface area contributed by atoms with Gasteiger partial charge in [-0.3, -0.25) is 4.79 Å². The Labute approximate surface area is 95.8 Å². The number of nitrogens with one attached hydrogen (secondary N) is 1. The highest BCUT2D eigenvalue weighted by Gasteiger charge is 2.16. The molecule has 0 saturated carbocycles. The van der Waals surface area contributed by atoms with E-state index in [0.29, 0.717) is 0 Å². The fourth-order valence-electron chi connectivity index (χ4n) is 1.12. The number of hydrogen-bond acceptors (Lipinski definition) is 2. The molecule has 0 unspecified atom stereocenters. The van der Waals surface area contributed by atoms with Crippen molar-refractivity contribution in [2.45, 2.75) is 33.2 Å². The number of carboxylic acid groups (broad SMARTS) is 1. The molecule has 2 N–H and O–H groups in total. The molecule has 0 aliphatic heterocycles. The zero-order valence-corrected chi connectivity index (χ0v) is 9.91. The third kappa shape index (κ3) is 5.91. The Hall–Kier alpha value is -1.70. The summed E-state index contributed by atoms with van der Waals surface area (Å²) in [6.45, 7) is 5.86. The topological polar surface area (TPSA) is 69.6 Å². The van der Waals surface area contributed by atoms with E-state index in [0.717, 1.165) is 0 Å². The fraction of sp³-hybridized carbons (Fsp3) is 0.636. The van der Waals surface area contributed by atoms with Crippen molar-refractivity contribution in [2.24, 2.45) is 0 Å². The van der Waals surface area contributed by atoms with Gasteiger partial charge in [-0.15, -0.1) is 5.92 Å². The van der Waals surface area contributed by atoms with E-state index < -0.39 is 5.97 Å². The lowest BCUT2D eigenvalue weighted by Gasteiger charge is -2.25. The van der Waals surface area contributed by atoms with Crippen molar-refractivity contribution < 1.29 is 14.7 Å². The minimum Gasteiger partial charge on any atom is -0.481 e. The summed E-state index contributed by atoms with van der Waals surface area (Å²) < 4.78 is 0. The van der Waals surface area contributed by atoms with E-state index in [2.05, 4.69) is 17.2 Å². The lowest BCUT2D eigenvalue weighted by Crippen LogP contribution is -2.45. The third-order valence-corrected chi connectivity index (χ3v) is 1.96. The zero-order chi connectivity index (χ0) is 12.6. The molecule has 0 bridgehead atoms. The summed E-state index contributed by atoms with van der Waals surface area (Å²) in [6, 6.07) is -0.312. The maximum atomic E-state index is 11.6. The molecule has 0 aliphatic carbocycles. The van der Waals surface area contributed by atoms with Gasteiger partial charge in [-0.25, -0.2) is 4.79 Å². The van der Waals surface area contributed by atoms with Crippen molar-refractivity contribution in [3.05, 3.63) is 0 Å². The Morgan fingerprint density at radius 3 is 2.50 bits per heavy atom. The summed E-state index contributed by atoms with van der Waals surface area (Å²) in [7, 11) is 0. The van der Waals surface area contributed by atoms with Gasteiger partial charge in [-0.05, 0) is 20.8 Å². The van der Waals surface area contributed by atoms with E-state index in [1.54, 1.807) is 6.92 Å². The fourth-order valence-corrected chi connectivity index (χ4v) is 1.12. The number of carbonyl (C=O) groups is 2. The third-order valence-electron chi connectivity index (χ3n) is 1.96. The quantitative estimate of drug-likeness (QED) is 0.684. The normalized spacial score (nSPS) is 9.25. The molecule has 0 spiro atoms. The molecule has 0 aromatic heterocycles. The summed E-state index contributed by atoms with van der Waals surface area (Å²) in [5.74, 6) is 4.47. The minimum atomic E-state index is -0.910. The molecule has 0 atom stereocenters. The van der Waals surface area contributed by atoms with Crippen LogP contribution in [0.4, 0.5) is 4.79 Å². The lowest BCUT2D eigenvalue weighted by molar-refractivity contribution is -0.137. The van der Waals surface area contributed by atoms with Crippen molar-refractivity contribution in [3.63, 3.8) is 0 Å². The maximum absolute atomic E-state index is 11.6. The lowest BCUT2D eigenvalue weighted by atomic mass is 10.3. The molecule has 5 nitrogen and oxygen atoms in total. The molecule has 90 valence electrons. The van der Waals surface area contributed by atoms with Gasteiger partial charge in [-0.1, -0.05) is 5.92 Å². The van der Waals surface area contributed by atoms with Crippen LogP contribution in [0.5, 0.6) is 0 Å². The first kappa shape index (κ1) is 14.3. The number of urea groups is 1. The zero-order valence-electron chi connectivity index (χ0n) is 9.91. The van der Waals surface area contributed by atoms with Crippen LogP contribution in [0.2, 0.25) is 0 Å². The highest BCUT2D eigenvalue weighted by atomic mass is 16.4. The van der Waals surface area contributed by atoms with Crippen LogP contribution < -0.4 is 5.32 Å². The molecule has 0 rings (SSSR count). The first-order valence-corrected chi connectivity index (χ1v) is 5.15. The highest BCUT2D eigenvalue weighted by molar-refractivity contribution is 5.75. The monoisotopic (exact) mass is 226 g/mol. The SMILES string of the molecule is CC#CCNC(=O)N(CCC(=O)O)C(C)C. The van der Waals surface area contributed by atoms with Gasteiger partial charge in [0.15, 0.2) is 0 Å². The van der Waals surface area contributed by atoms with Crippen molar-refractivity contribution >= 4 is 12.0 Å². The summed E-state index contributed by atoms with van der Waals surface area (Å²) in [5.41, 5.74) is 0. The Kier molecular flexibility index (Phi) is 6.77. The van der Waals surface area contributed by atoms with Crippen molar-refractivity contribution in [1.82, 2.24) is 10.2 Å². The molecule has 0 saturated heterocycles. The number of amides is 2. The predicted octanol–water partition coefficient (Wildman–Crippen LogP) is 0.904. The number of aliphatic carboxylic acids is 1. The molecule has 0 fully saturated rings. The number of hydrogen-bond donors (Lipinski definition) is 2. The first-order valence-electron chi connectivity index (χ1n) is 5.15. The van der Waals surface area contributed by atoms with Gasteiger partial charge in [0.05, 0.1) is 13.0 Å². The van der Waals surface area contributed by atoms with Gasteiger partial charge in [-0.2, -0.15) is 0 Å². The van der Waals surface area contributed by atoms with Gasteiger partial charge < -0.3 is 15.3 Å². The number of carbonyl (C=O) groups excluding carboxylic acids is 1. The average molecular weight is 226 g/mol. The molecule has 16 heavy (non-hydrogen) atoms. The van der Waals surface area contributed by atoms with Gasteiger partial charge >= 0.3 is 12.0 Å². The van der Waals surface area contributed by atoms with Gasteiger partial charge in [0.25, 0.3) is 0 Å². The molecule has 2 amide bonds. The summed E-state index contributed by atoms with van der Waals surface area (Å²) in [4.78, 5) is 23.5. The predicted molar refractivity (Wildman–Crippen MR) is 60.9 cm³/mol. The van der Waals surface area contributed by atoms with Crippen LogP contribution in [0.3, 0.4) is 0 Å². The maximum Gasteiger partial charge on any atom is 0.318 e. The second-order valence-corrected chi connectivity index (χ2v) is 3.52. The van der Waals surface area contributed by atoms with Gasteiger partial charge in [0.2, 0.25) is 0 Å². The molecule has 0 aromatic rings. The van der Waals surface area contributed by atoms with Crippen LogP contribution in [0.15, 0.2) is 0 Å². The van der Waals surface area contributed by atoms with Gasteiger partial charge in [0.1, 0.15) is 0 Å². The van der Waals surface area contributed by atoms with E-state index in [1.807, 2.05) is 13.8 Å². The molecule has 0 aliphatic rings. The number of rotatable bonds is 5. The van der Waals surface area contributed by atoms with Crippen molar-refractivity contribution in [3.8, 4) is 11.8 Å². The molecular formula is C11H18N2O3. The van der Waals surface area contributed by atoms with Crippen LogP contribution in [-0.2, 0) is 4.79 Å². The van der Waals surface area contributed by atoms with E-state index >= 15 is 0 Å². The summed E-state index contributed by atoms with van der Waals surface area (Å²) in [5, 5.41) is 11.2. The Bertz CT molecular complexity index is 302. The number of carboxylic acids is 1. The summed E-state index contributed by atoms with van der Waals surface area (Å²) in [6.07, 6.45) is -0.0505. The minimum absolute atomic E-state index is 0.0334. The van der Waals surface area contributed by atoms with Crippen LogP contribution >= 0.6 is 0 Å². The van der Waals surface area contributed by atoms with Crippen LogP contribution in [-0.4, -0.2) is 41.1 Å². The van der Waals surface area contributed by atoms with Crippen LogP contribution in [0, 0.1) is 11.8 Å². The van der Waals surface area contributed by atoms with Crippen LogP contribution in [0.1, 0.15) is 27.2 Å². The molecule has 5 heteroatoms. The van der Waals surface area contributed by atoms with Crippen molar-refractivity contribution in [1.29, 1.82) is 0 Å². The number of nitrogens with zero attached hydrogens (tertiary/aromatic N) is 1. The first-order chi connectivity index (χ1) is 7.49. The van der Waals surface area contributed by atoms with E-state index in [1.165, 1.54) is 4.90 Å². The Balaban J connectivity index is 4.22. The van der Waals surface area contributed by atoms with Crippen LogP contribution in [0.25, 0.3) is 0 Å².